The van der Waals surface area contributed by atoms with Crippen LogP contribution in [0.25, 0.3) is 0 Å². The number of rotatable bonds is 2. The van der Waals surface area contributed by atoms with Crippen LogP contribution >= 0.6 is 0 Å². The molecule has 2 N–H and O–H groups in total. The van der Waals surface area contributed by atoms with Crippen molar-refractivity contribution >= 4 is 5.82 Å². The van der Waals surface area contributed by atoms with Gasteiger partial charge in [-0.1, -0.05) is 0 Å². The van der Waals surface area contributed by atoms with Crippen LogP contribution in [0.1, 0.15) is 12.8 Å². The molecule has 0 amide bonds. The maximum absolute atomic E-state index is 13.1. The Morgan fingerprint density at radius 3 is 3.00 bits per heavy atom. The van der Waals surface area contributed by atoms with Gasteiger partial charge in [0.1, 0.15) is 0 Å². The van der Waals surface area contributed by atoms with E-state index in [0.717, 1.165) is 12.8 Å². The second-order valence-corrected chi connectivity index (χ2v) is 2.83. The summed E-state index contributed by atoms with van der Waals surface area (Å²) >= 11 is 0. The summed E-state index contributed by atoms with van der Waals surface area (Å²) < 4.78 is 18.3. The molecule has 1 aromatic heterocycles. The number of aromatic nitrogens is 1. The van der Waals surface area contributed by atoms with Crippen LogP contribution in [-0.4, -0.2) is 11.1 Å². The van der Waals surface area contributed by atoms with E-state index in [-0.39, 0.29) is 17.7 Å². The fraction of sp³-hybridized carbons (Fsp3) is 0.375. The average molecular weight is 168 g/mol. The van der Waals surface area contributed by atoms with E-state index in [2.05, 4.69) is 4.98 Å². The molecule has 12 heavy (non-hydrogen) atoms. The van der Waals surface area contributed by atoms with Crippen molar-refractivity contribution in [3.63, 3.8) is 0 Å². The highest BCUT2D eigenvalue weighted by molar-refractivity contribution is 5.38. The van der Waals surface area contributed by atoms with Crippen LogP contribution in [-0.2, 0) is 0 Å². The van der Waals surface area contributed by atoms with Gasteiger partial charge in [-0.3, -0.25) is 0 Å². The van der Waals surface area contributed by atoms with Crippen LogP contribution in [0.2, 0.25) is 0 Å². The molecule has 0 spiro atoms. The van der Waals surface area contributed by atoms with E-state index in [1.165, 1.54) is 12.3 Å². The van der Waals surface area contributed by atoms with Gasteiger partial charge in [0.2, 0.25) is 5.82 Å². The second-order valence-electron chi connectivity index (χ2n) is 2.83. The van der Waals surface area contributed by atoms with Crippen molar-refractivity contribution in [2.75, 3.05) is 5.73 Å². The summed E-state index contributed by atoms with van der Waals surface area (Å²) in [7, 11) is 0. The van der Waals surface area contributed by atoms with Gasteiger partial charge in [-0.25, -0.2) is 4.98 Å². The summed E-state index contributed by atoms with van der Waals surface area (Å²) in [6.45, 7) is 0. The Kier molecular flexibility index (Phi) is 1.60. The predicted octanol–water partition coefficient (Wildman–Crippen LogP) is 1.34. The van der Waals surface area contributed by atoms with Crippen LogP contribution < -0.4 is 10.5 Å². The van der Waals surface area contributed by atoms with Gasteiger partial charge in [0, 0.05) is 12.3 Å². The van der Waals surface area contributed by atoms with E-state index >= 15 is 0 Å². The minimum atomic E-state index is -0.551. The number of nitrogen functional groups attached to an aromatic ring is 1. The maximum atomic E-state index is 13.1. The molecule has 1 saturated carbocycles. The van der Waals surface area contributed by atoms with Crippen LogP contribution in [0, 0.1) is 5.82 Å². The smallest absolute Gasteiger partial charge is 0.206 e. The first-order valence-corrected chi connectivity index (χ1v) is 3.84. The molecule has 1 aliphatic carbocycles. The summed E-state index contributed by atoms with van der Waals surface area (Å²) in [4.78, 5) is 3.59. The fourth-order valence-electron chi connectivity index (χ4n) is 0.898. The Hall–Kier alpha value is -1.32. The number of pyridine rings is 1. The van der Waals surface area contributed by atoms with Crippen molar-refractivity contribution in [2.24, 2.45) is 0 Å². The molecule has 1 aromatic rings. The molecule has 1 aliphatic rings. The molecule has 0 aliphatic heterocycles. The molecule has 64 valence electrons. The Morgan fingerprint density at radius 1 is 1.58 bits per heavy atom. The molecule has 2 rings (SSSR count). The summed E-state index contributed by atoms with van der Waals surface area (Å²) in [5, 5.41) is 0. The molecule has 0 unspecified atom stereocenters. The summed E-state index contributed by atoms with van der Waals surface area (Å²) in [5.74, 6) is -0.442. The highest BCUT2D eigenvalue weighted by Gasteiger charge is 2.25. The van der Waals surface area contributed by atoms with Crippen LogP contribution in [0.5, 0.6) is 5.75 Å². The van der Waals surface area contributed by atoms with E-state index in [4.69, 9.17) is 10.5 Å². The van der Waals surface area contributed by atoms with Crippen LogP contribution in [0.15, 0.2) is 12.3 Å². The minimum absolute atomic E-state index is 0.104. The monoisotopic (exact) mass is 168 g/mol. The van der Waals surface area contributed by atoms with Crippen molar-refractivity contribution in [2.45, 2.75) is 18.9 Å². The normalized spacial score (nSPS) is 16.1. The molecule has 0 aromatic carbocycles. The molecule has 0 atom stereocenters. The number of hydrogen-bond acceptors (Lipinski definition) is 3. The molecule has 3 nitrogen and oxygen atoms in total. The van der Waals surface area contributed by atoms with E-state index in [0.29, 0.717) is 0 Å². The first-order chi connectivity index (χ1) is 5.77. The topological polar surface area (TPSA) is 48.1 Å². The van der Waals surface area contributed by atoms with Gasteiger partial charge in [-0.2, -0.15) is 4.39 Å². The van der Waals surface area contributed by atoms with E-state index in [1.807, 2.05) is 0 Å². The quantitative estimate of drug-likeness (QED) is 0.725. The van der Waals surface area contributed by atoms with Gasteiger partial charge < -0.3 is 10.5 Å². The summed E-state index contributed by atoms with van der Waals surface area (Å²) in [5.41, 5.74) is 5.25. The van der Waals surface area contributed by atoms with Crippen molar-refractivity contribution in [1.82, 2.24) is 4.98 Å². The molecule has 0 radical (unpaired) electrons. The highest BCUT2D eigenvalue weighted by atomic mass is 19.1. The zero-order chi connectivity index (χ0) is 8.55. The minimum Gasteiger partial charge on any atom is -0.487 e. The standard InChI is InChI=1S/C8H9FN2O/c9-7-6(12-5-1-2-5)3-4-11-8(7)10/h3-5H,1-2H2,(H2,10,11). The predicted molar refractivity (Wildman–Crippen MR) is 42.3 cm³/mol. The lowest BCUT2D eigenvalue weighted by atomic mass is 10.4. The zero-order valence-electron chi connectivity index (χ0n) is 6.46. The third-order valence-electron chi connectivity index (χ3n) is 1.70. The molecule has 1 fully saturated rings. The first kappa shape index (κ1) is 7.34. The third-order valence-corrected chi connectivity index (χ3v) is 1.70. The molecule has 0 bridgehead atoms. The summed E-state index contributed by atoms with van der Waals surface area (Å²) in [6, 6.07) is 1.49. The molecular formula is C8H9FN2O. The lowest BCUT2D eigenvalue weighted by Crippen LogP contribution is -2.02. The maximum Gasteiger partial charge on any atom is 0.206 e. The number of hydrogen-bond donors (Lipinski definition) is 1. The van der Waals surface area contributed by atoms with Gasteiger partial charge >= 0.3 is 0 Å². The van der Waals surface area contributed by atoms with E-state index in [9.17, 15) is 4.39 Å². The first-order valence-electron chi connectivity index (χ1n) is 3.84. The number of nitrogens with zero attached hydrogens (tertiary/aromatic N) is 1. The second kappa shape index (κ2) is 2.62. The van der Waals surface area contributed by atoms with Crippen molar-refractivity contribution in [3.05, 3.63) is 18.1 Å². The number of anilines is 1. The Bertz CT molecular complexity index is 299. The van der Waals surface area contributed by atoms with Gasteiger partial charge in [0.25, 0.3) is 0 Å². The highest BCUT2D eigenvalue weighted by Crippen LogP contribution is 2.29. The molecular weight excluding hydrogens is 159 g/mol. The van der Waals surface area contributed by atoms with Gasteiger partial charge in [-0.15, -0.1) is 0 Å². The Labute approximate surface area is 69.4 Å². The Morgan fingerprint density at radius 2 is 2.33 bits per heavy atom. The Balaban J connectivity index is 2.23. The third kappa shape index (κ3) is 1.32. The van der Waals surface area contributed by atoms with Crippen LogP contribution in [0.4, 0.5) is 10.2 Å². The summed E-state index contributed by atoms with van der Waals surface area (Å²) in [6.07, 6.45) is 3.63. The lowest BCUT2D eigenvalue weighted by molar-refractivity contribution is 0.287. The van der Waals surface area contributed by atoms with Gasteiger partial charge in [0.05, 0.1) is 6.10 Å². The van der Waals surface area contributed by atoms with E-state index < -0.39 is 5.82 Å². The average Bonchev–Trinajstić information content (AvgIpc) is 2.83. The van der Waals surface area contributed by atoms with Crippen molar-refractivity contribution in [1.29, 1.82) is 0 Å². The van der Waals surface area contributed by atoms with Gasteiger partial charge in [-0.05, 0) is 12.8 Å². The molecule has 1 heterocycles. The molecule has 4 heteroatoms. The van der Waals surface area contributed by atoms with Crippen molar-refractivity contribution < 1.29 is 9.13 Å². The number of ether oxygens (including phenoxy) is 1. The van der Waals surface area contributed by atoms with E-state index in [1.54, 1.807) is 0 Å². The largest absolute Gasteiger partial charge is 0.487 e. The van der Waals surface area contributed by atoms with Crippen molar-refractivity contribution in [3.8, 4) is 5.75 Å². The number of halogens is 1. The SMILES string of the molecule is Nc1nccc(OC2CC2)c1F. The number of nitrogens with two attached hydrogens (primary N) is 1. The fourth-order valence-corrected chi connectivity index (χ4v) is 0.898. The molecule has 0 saturated heterocycles. The zero-order valence-corrected chi connectivity index (χ0v) is 6.46. The van der Waals surface area contributed by atoms with Gasteiger partial charge in [0.15, 0.2) is 11.6 Å². The lowest BCUT2D eigenvalue weighted by Gasteiger charge is -2.05. The van der Waals surface area contributed by atoms with Crippen LogP contribution in [0.3, 0.4) is 0 Å².